The molecule has 1 heterocycles. The van der Waals surface area contributed by atoms with Crippen LogP contribution in [0.5, 0.6) is 0 Å². The van der Waals surface area contributed by atoms with Crippen molar-refractivity contribution in [2.45, 2.75) is 32.4 Å². The molecule has 1 aromatic heterocycles. The summed E-state index contributed by atoms with van der Waals surface area (Å²) >= 11 is 0. The minimum atomic E-state index is -4.57. The molecule has 0 aromatic carbocycles. The predicted octanol–water partition coefficient (Wildman–Crippen LogP) is 0.0307. The largest absolute Gasteiger partial charge is 0.469 e. The molecule has 0 aliphatic rings. The zero-order valence-corrected chi connectivity index (χ0v) is 10.7. The van der Waals surface area contributed by atoms with Gasteiger partial charge in [-0.25, -0.2) is 14.0 Å². The van der Waals surface area contributed by atoms with Gasteiger partial charge in [-0.1, -0.05) is 6.92 Å². The highest BCUT2D eigenvalue weighted by molar-refractivity contribution is 7.46. The van der Waals surface area contributed by atoms with Crippen LogP contribution in [-0.2, 0) is 16.1 Å². The van der Waals surface area contributed by atoms with Crippen molar-refractivity contribution in [2.24, 2.45) is 7.05 Å². The summed E-state index contributed by atoms with van der Waals surface area (Å²) in [6.07, 6.45) is 1.00. The average Bonchev–Trinajstić information content (AvgIpc) is 2.48. The van der Waals surface area contributed by atoms with Gasteiger partial charge in [0.2, 0.25) is 0 Å². The van der Waals surface area contributed by atoms with Gasteiger partial charge in [-0.05, 0) is 13.3 Å². The summed E-state index contributed by atoms with van der Waals surface area (Å²) in [4.78, 5) is 29.1. The minimum absolute atomic E-state index is 0.349. The normalized spacial score (nSPS) is 15.8. The zero-order valence-electron chi connectivity index (χ0n) is 9.85. The van der Waals surface area contributed by atoms with E-state index in [1.54, 1.807) is 14.0 Å². The lowest BCUT2D eigenvalue weighted by Gasteiger charge is -2.22. The van der Waals surface area contributed by atoms with Crippen LogP contribution in [0.15, 0.2) is 11.1 Å². The SMILES string of the molecule is CC[C@@H]([C@@H](C)OP(=O)(O)O)n1ncn(C)c1=O. The predicted molar refractivity (Wildman–Crippen MR) is 59.4 cm³/mol. The van der Waals surface area contributed by atoms with Crippen molar-refractivity contribution < 1.29 is 18.9 Å². The van der Waals surface area contributed by atoms with Gasteiger partial charge in [0, 0.05) is 7.05 Å². The molecule has 0 aliphatic heterocycles. The van der Waals surface area contributed by atoms with Crippen LogP contribution < -0.4 is 5.69 Å². The highest BCUT2D eigenvalue weighted by Crippen LogP contribution is 2.39. The van der Waals surface area contributed by atoms with E-state index in [1.807, 2.05) is 0 Å². The van der Waals surface area contributed by atoms with Crippen LogP contribution in [0.2, 0.25) is 0 Å². The molecule has 1 aromatic rings. The van der Waals surface area contributed by atoms with Gasteiger partial charge in [0.05, 0.1) is 12.1 Å². The summed E-state index contributed by atoms with van der Waals surface area (Å²) in [6.45, 7) is 3.28. The van der Waals surface area contributed by atoms with Crippen LogP contribution in [0, 0.1) is 0 Å². The number of phosphoric ester groups is 1. The Hall–Kier alpha value is -0.950. The molecule has 1 rings (SSSR count). The Labute approximate surface area is 98.1 Å². The average molecular weight is 265 g/mol. The molecule has 8 nitrogen and oxygen atoms in total. The molecule has 9 heteroatoms. The molecular formula is C8H16N3O5P. The highest BCUT2D eigenvalue weighted by atomic mass is 31.2. The summed E-state index contributed by atoms with van der Waals surface area (Å²) in [5.41, 5.74) is -0.349. The van der Waals surface area contributed by atoms with E-state index < -0.39 is 20.0 Å². The zero-order chi connectivity index (χ0) is 13.2. The fraction of sp³-hybridized carbons (Fsp3) is 0.750. The fourth-order valence-corrected chi connectivity index (χ4v) is 2.19. The molecule has 98 valence electrons. The third kappa shape index (κ3) is 3.50. The molecule has 0 amide bonds. The molecule has 0 aliphatic carbocycles. The van der Waals surface area contributed by atoms with Crippen molar-refractivity contribution in [3.8, 4) is 0 Å². The van der Waals surface area contributed by atoms with Gasteiger partial charge in [0.1, 0.15) is 6.33 Å². The van der Waals surface area contributed by atoms with Crippen molar-refractivity contribution in [1.29, 1.82) is 0 Å². The molecule has 0 saturated heterocycles. The Bertz CT molecular complexity index is 476. The molecule has 0 unspecified atom stereocenters. The third-order valence-electron chi connectivity index (χ3n) is 2.42. The summed E-state index contributed by atoms with van der Waals surface area (Å²) < 4.78 is 17.8. The quantitative estimate of drug-likeness (QED) is 0.727. The van der Waals surface area contributed by atoms with Crippen LogP contribution >= 0.6 is 7.82 Å². The first-order chi connectivity index (χ1) is 7.76. The number of nitrogens with zero attached hydrogens (tertiary/aromatic N) is 3. The summed E-state index contributed by atoms with van der Waals surface area (Å²) in [5, 5.41) is 3.87. The van der Waals surface area contributed by atoms with E-state index in [1.165, 1.54) is 22.5 Å². The second-order valence-electron chi connectivity index (χ2n) is 3.75. The molecule has 0 saturated carbocycles. The lowest BCUT2D eigenvalue weighted by molar-refractivity contribution is 0.0961. The van der Waals surface area contributed by atoms with E-state index in [9.17, 15) is 9.36 Å². The Morgan fingerprint density at radius 1 is 1.59 bits per heavy atom. The van der Waals surface area contributed by atoms with Crippen LogP contribution in [0.4, 0.5) is 0 Å². The van der Waals surface area contributed by atoms with Crippen molar-refractivity contribution >= 4 is 7.82 Å². The molecule has 0 fully saturated rings. The minimum Gasteiger partial charge on any atom is -0.303 e. The van der Waals surface area contributed by atoms with E-state index in [2.05, 4.69) is 9.62 Å². The number of aromatic nitrogens is 3. The number of hydrogen-bond acceptors (Lipinski definition) is 4. The highest BCUT2D eigenvalue weighted by Gasteiger charge is 2.27. The topological polar surface area (TPSA) is 107 Å². The van der Waals surface area contributed by atoms with Gasteiger partial charge in [-0.3, -0.25) is 9.09 Å². The second kappa shape index (κ2) is 5.14. The van der Waals surface area contributed by atoms with Crippen molar-refractivity contribution in [1.82, 2.24) is 14.3 Å². The van der Waals surface area contributed by atoms with E-state index in [4.69, 9.17) is 9.79 Å². The first kappa shape index (κ1) is 14.1. The van der Waals surface area contributed by atoms with Crippen LogP contribution in [0.1, 0.15) is 26.3 Å². The number of phosphoric acid groups is 1. The van der Waals surface area contributed by atoms with E-state index in [0.29, 0.717) is 6.42 Å². The van der Waals surface area contributed by atoms with Crippen molar-refractivity contribution in [3.63, 3.8) is 0 Å². The smallest absolute Gasteiger partial charge is 0.303 e. The Morgan fingerprint density at radius 2 is 2.18 bits per heavy atom. The maximum atomic E-state index is 11.7. The van der Waals surface area contributed by atoms with Crippen molar-refractivity contribution in [3.05, 3.63) is 16.8 Å². The molecule has 0 radical (unpaired) electrons. The van der Waals surface area contributed by atoms with Crippen molar-refractivity contribution in [2.75, 3.05) is 0 Å². The fourth-order valence-electron chi connectivity index (χ4n) is 1.61. The van der Waals surface area contributed by atoms with Gasteiger partial charge in [-0.2, -0.15) is 5.10 Å². The molecule has 0 bridgehead atoms. The van der Waals surface area contributed by atoms with E-state index in [0.717, 1.165) is 0 Å². The van der Waals surface area contributed by atoms with Crippen LogP contribution in [0.3, 0.4) is 0 Å². The lowest BCUT2D eigenvalue weighted by atomic mass is 10.1. The number of rotatable bonds is 5. The second-order valence-corrected chi connectivity index (χ2v) is 4.94. The Kier molecular flexibility index (Phi) is 4.26. The van der Waals surface area contributed by atoms with Gasteiger partial charge >= 0.3 is 13.5 Å². The Morgan fingerprint density at radius 3 is 2.53 bits per heavy atom. The molecule has 17 heavy (non-hydrogen) atoms. The summed E-state index contributed by atoms with van der Waals surface area (Å²) in [7, 11) is -3.02. The lowest BCUT2D eigenvalue weighted by Crippen LogP contribution is -2.33. The van der Waals surface area contributed by atoms with Crippen LogP contribution in [0.25, 0.3) is 0 Å². The maximum absolute atomic E-state index is 11.7. The number of aryl methyl sites for hydroxylation is 1. The molecular weight excluding hydrogens is 249 g/mol. The first-order valence-electron chi connectivity index (χ1n) is 5.10. The van der Waals surface area contributed by atoms with E-state index in [-0.39, 0.29) is 5.69 Å². The standard InChI is InChI=1S/C8H16N3O5P/c1-4-7(6(2)16-17(13,14)15)11-8(12)10(3)5-9-11/h5-7H,4H2,1-3H3,(H2,13,14,15)/t6-,7+/m1/s1. The maximum Gasteiger partial charge on any atom is 0.469 e. The third-order valence-corrected chi connectivity index (χ3v) is 3.03. The molecule has 0 spiro atoms. The monoisotopic (exact) mass is 265 g/mol. The molecule has 2 N–H and O–H groups in total. The Balaban J connectivity index is 2.96. The first-order valence-corrected chi connectivity index (χ1v) is 6.63. The van der Waals surface area contributed by atoms with Gasteiger partial charge in [0.25, 0.3) is 0 Å². The van der Waals surface area contributed by atoms with E-state index >= 15 is 0 Å². The molecule has 2 atom stereocenters. The summed E-state index contributed by atoms with van der Waals surface area (Å²) in [5.74, 6) is 0. The number of hydrogen-bond donors (Lipinski definition) is 2. The van der Waals surface area contributed by atoms with Gasteiger partial charge < -0.3 is 9.79 Å². The summed E-state index contributed by atoms with van der Waals surface area (Å²) in [6, 6.07) is -0.517. The van der Waals surface area contributed by atoms with Gasteiger partial charge in [0.15, 0.2) is 0 Å². The van der Waals surface area contributed by atoms with Crippen LogP contribution in [-0.4, -0.2) is 30.2 Å². The van der Waals surface area contributed by atoms with Gasteiger partial charge in [-0.15, -0.1) is 0 Å².